The van der Waals surface area contributed by atoms with Crippen molar-refractivity contribution in [2.24, 2.45) is 5.73 Å². The number of thioether (sulfide) groups is 1. The van der Waals surface area contributed by atoms with Gasteiger partial charge in [-0.3, -0.25) is 10.3 Å². The van der Waals surface area contributed by atoms with Gasteiger partial charge in [0.05, 0.1) is 6.33 Å². The van der Waals surface area contributed by atoms with E-state index >= 15 is 0 Å². The summed E-state index contributed by atoms with van der Waals surface area (Å²) in [7, 11) is 0. The molecule has 0 aliphatic heterocycles. The van der Waals surface area contributed by atoms with Gasteiger partial charge in [0.15, 0.2) is 11.3 Å². The number of carboxylic acids is 1. The van der Waals surface area contributed by atoms with Crippen LogP contribution in [0, 0.1) is 0 Å². The molecule has 0 fully saturated rings. The maximum atomic E-state index is 11.1. The summed E-state index contributed by atoms with van der Waals surface area (Å²) in [5, 5.41) is 9.77. The number of rotatable bonds is 3. The molecule has 17 heavy (non-hydrogen) atoms. The SMILES string of the molecule is CSc1ncnc2c1ncn2[C@@](C)(N)C(=O)O. The quantitative estimate of drug-likeness (QED) is 0.597. The van der Waals surface area contributed by atoms with E-state index in [4.69, 9.17) is 10.8 Å². The number of aliphatic carboxylic acids is 1. The van der Waals surface area contributed by atoms with Crippen molar-refractivity contribution in [2.75, 3.05) is 6.26 Å². The van der Waals surface area contributed by atoms with Crippen LogP contribution in [0.4, 0.5) is 0 Å². The largest absolute Gasteiger partial charge is 0.478 e. The van der Waals surface area contributed by atoms with E-state index in [1.54, 1.807) is 0 Å². The van der Waals surface area contributed by atoms with Gasteiger partial charge in [0.1, 0.15) is 16.9 Å². The van der Waals surface area contributed by atoms with Gasteiger partial charge < -0.3 is 5.11 Å². The molecule has 2 aromatic rings. The van der Waals surface area contributed by atoms with E-state index < -0.39 is 11.6 Å². The summed E-state index contributed by atoms with van der Waals surface area (Å²) in [6.45, 7) is 1.39. The molecular weight excluding hydrogens is 242 g/mol. The van der Waals surface area contributed by atoms with Crippen molar-refractivity contribution in [1.82, 2.24) is 19.5 Å². The summed E-state index contributed by atoms with van der Waals surface area (Å²) in [5.41, 5.74) is 5.12. The summed E-state index contributed by atoms with van der Waals surface area (Å²) in [4.78, 5) is 23.3. The number of carbonyl (C=O) groups is 1. The molecule has 0 aliphatic carbocycles. The Morgan fingerprint density at radius 3 is 2.82 bits per heavy atom. The fourth-order valence-electron chi connectivity index (χ4n) is 1.41. The average molecular weight is 253 g/mol. The Morgan fingerprint density at radius 2 is 2.24 bits per heavy atom. The molecule has 1 atom stereocenters. The lowest BCUT2D eigenvalue weighted by molar-refractivity contribution is -0.146. The van der Waals surface area contributed by atoms with Gasteiger partial charge in [-0.1, -0.05) is 0 Å². The van der Waals surface area contributed by atoms with Gasteiger partial charge >= 0.3 is 5.97 Å². The molecule has 0 aliphatic rings. The lowest BCUT2D eigenvalue weighted by atomic mass is 10.2. The molecule has 2 rings (SSSR count). The van der Waals surface area contributed by atoms with E-state index in [0.29, 0.717) is 16.2 Å². The van der Waals surface area contributed by atoms with Crippen LogP contribution in [0.2, 0.25) is 0 Å². The van der Waals surface area contributed by atoms with Crippen molar-refractivity contribution in [1.29, 1.82) is 0 Å². The number of aromatic nitrogens is 4. The van der Waals surface area contributed by atoms with E-state index in [9.17, 15) is 4.79 Å². The summed E-state index contributed by atoms with van der Waals surface area (Å²) in [5.74, 6) is -1.15. The molecule has 0 spiro atoms. The van der Waals surface area contributed by atoms with E-state index in [-0.39, 0.29) is 0 Å². The summed E-state index contributed by atoms with van der Waals surface area (Å²) in [6, 6.07) is 0. The molecule has 0 amide bonds. The summed E-state index contributed by atoms with van der Waals surface area (Å²) >= 11 is 1.42. The third-order valence-electron chi connectivity index (χ3n) is 2.43. The van der Waals surface area contributed by atoms with Crippen LogP contribution in [0.3, 0.4) is 0 Å². The number of carboxylic acid groups (broad SMARTS) is 1. The molecule has 0 saturated carbocycles. The number of hydrogen-bond acceptors (Lipinski definition) is 6. The van der Waals surface area contributed by atoms with Crippen LogP contribution >= 0.6 is 11.8 Å². The Morgan fingerprint density at radius 1 is 1.53 bits per heavy atom. The first-order valence-electron chi connectivity index (χ1n) is 4.73. The molecule has 2 aromatic heterocycles. The van der Waals surface area contributed by atoms with Gasteiger partial charge in [-0.05, 0) is 13.2 Å². The monoisotopic (exact) mass is 253 g/mol. The molecule has 0 radical (unpaired) electrons. The highest BCUT2D eigenvalue weighted by atomic mass is 32.2. The van der Waals surface area contributed by atoms with Crippen LogP contribution in [0.1, 0.15) is 6.92 Å². The average Bonchev–Trinajstić information content (AvgIpc) is 2.72. The number of fused-ring (bicyclic) bond motifs is 1. The minimum Gasteiger partial charge on any atom is -0.478 e. The lowest BCUT2D eigenvalue weighted by Crippen LogP contribution is -2.47. The van der Waals surface area contributed by atoms with Crippen molar-refractivity contribution in [2.45, 2.75) is 17.6 Å². The fraction of sp³-hybridized carbons (Fsp3) is 0.333. The van der Waals surface area contributed by atoms with Gasteiger partial charge in [-0.25, -0.2) is 19.7 Å². The van der Waals surface area contributed by atoms with Crippen LogP contribution in [-0.2, 0) is 10.5 Å². The zero-order valence-corrected chi connectivity index (χ0v) is 10.1. The minimum atomic E-state index is -1.58. The van der Waals surface area contributed by atoms with Crippen LogP contribution in [0.25, 0.3) is 11.2 Å². The van der Waals surface area contributed by atoms with Gasteiger partial charge in [0.2, 0.25) is 0 Å². The molecule has 90 valence electrons. The Bertz CT molecular complexity index is 580. The molecule has 0 bridgehead atoms. The third-order valence-corrected chi connectivity index (χ3v) is 3.11. The molecule has 3 N–H and O–H groups in total. The lowest BCUT2D eigenvalue weighted by Gasteiger charge is -2.20. The Balaban J connectivity index is 2.69. The zero-order valence-electron chi connectivity index (χ0n) is 9.28. The van der Waals surface area contributed by atoms with Crippen molar-refractivity contribution in [3.8, 4) is 0 Å². The molecule has 0 saturated heterocycles. The predicted molar refractivity (Wildman–Crippen MR) is 62.6 cm³/mol. The van der Waals surface area contributed by atoms with Crippen LogP contribution in [-0.4, -0.2) is 36.9 Å². The fourth-order valence-corrected chi connectivity index (χ4v) is 1.90. The zero-order chi connectivity index (χ0) is 12.6. The number of nitrogens with two attached hydrogens (primary N) is 1. The Kier molecular flexibility index (Phi) is 2.76. The van der Waals surface area contributed by atoms with Crippen molar-refractivity contribution in [3.05, 3.63) is 12.7 Å². The molecule has 0 unspecified atom stereocenters. The minimum absolute atomic E-state index is 0.414. The van der Waals surface area contributed by atoms with Gasteiger partial charge in [0, 0.05) is 0 Å². The van der Waals surface area contributed by atoms with Gasteiger partial charge in [0.25, 0.3) is 0 Å². The first-order chi connectivity index (χ1) is 7.98. The highest BCUT2D eigenvalue weighted by molar-refractivity contribution is 7.98. The molecule has 0 aromatic carbocycles. The van der Waals surface area contributed by atoms with Gasteiger partial charge in [-0.2, -0.15) is 0 Å². The highest BCUT2D eigenvalue weighted by Crippen LogP contribution is 2.23. The Labute approximate surface area is 101 Å². The van der Waals surface area contributed by atoms with E-state index in [0.717, 1.165) is 0 Å². The number of nitrogens with zero attached hydrogens (tertiary/aromatic N) is 4. The van der Waals surface area contributed by atoms with Crippen LogP contribution in [0.5, 0.6) is 0 Å². The van der Waals surface area contributed by atoms with E-state index in [1.807, 2.05) is 6.26 Å². The first kappa shape index (κ1) is 11.8. The summed E-state index contributed by atoms with van der Waals surface area (Å²) < 4.78 is 1.33. The van der Waals surface area contributed by atoms with E-state index in [2.05, 4.69) is 15.0 Å². The standard InChI is InChI=1S/C9H11N5O2S/c1-9(10,8(15)16)14-4-13-5-6(14)11-3-12-7(5)17-2/h3-4H,10H2,1-2H3,(H,15,16)/t9-/m1/s1. The van der Waals surface area contributed by atoms with Gasteiger partial charge in [-0.15, -0.1) is 11.8 Å². The van der Waals surface area contributed by atoms with Crippen molar-refractivity contribution < 1.29 is 9.90 Å². The van der Waals surface area contributed by atoms with Crippen molar-refractivity contribution >= 4 is 28.9 Å². The molecule has 8 heteroatoms. The second kappa shape index (κ2) is 3.97. The number of imidazole rings is 1. The van der Waals surface area contributed by atoms with Crippen molar-refractivity contribution in [3.63, 3.8) is 0 Å². The van der Waals surface area contributed by atoms with Crippen LogP contribution in [0.15, 0.2) is 17.7 Å². The Hall–Kier alpha value is -1.67. The smallest absolute Gasteiger partial charge is 0.344 e. The van der Waals surface area contributed by atoms with Crippen LogP contribution < -0.4 is 5.73 Å². The normalized spacial score (nSPS) is 14.8. The predicted octanol–water partition coefficient (Wildman–Crippen LogP) is 0.264. The maximum Gasteiger partial charge on any atom is 0.344 e. The van der Waals surface area contributed by atoms with E-state index in [1.165, 1.54) is 35.9 Å². The molecule has 2 heterocycles. The number of hydrogen-bond donors (Lipinski definition) is 2. The molecule has 7 nitrogen and oxygen atoms in total. The molecular formula is C9H11N5O2S. The third kappa shape index (κ3) is 1.75. The second-order valence-electron chi connectivity index (χ2n) is 3.62. The second-order valence-corrected chi connectivity index (χ2v) is 4.42. The highest BCUT2D eigenvalue weighted by Gasteiger charge is 2.32. The topological polar surface area (TPSA) is 107 Å². The maximum absolute atomic E-state index is 11.1. The summed E-state index contributed by atoms with van der Waals surface area (Å²) in [6.07, 6.45) is 4.59. The first-order valence-corrected chi connectivity index (χ1v) is 5.95.